The van der Waals surface area contributed by atoms with Gasteiger partial charge in [-0.25, -0.2) is 0 Å². The number of rotatable bonds is 3. The maximum absolute atomic E-state index is 5.84. The third kappa shape index (κ3) is 3.45. The van der Waals surface area contributed by atoms with Crippen LogP contribution in [0.4, 0.5) is 0 Å². The van der Waals surface area contributed by atoms with Crippen molar-refractivity contribution >= 4 is 44.9 Å². The minimum absolute atomic E-state index is 0.526. The monoisotopic (exact) mass is 278 g/mol. The van der Waals surface area contributed by atoms with Crippen LogP contribution in [-0.2, 0) is 0 Å². The zero-order valence-corrected chi connectivity index (χ0v) is 10.8. The van der Waals surface area contributed by atoms with Gasteiger partial charge in [-0.2, -0.15) is 0 Å². The predicted octanol–water partition coefficient (Wildman–Crippen LogP) is 4.79. The molecule has 0 saturated heterocycles. The van der Waals surface area contributed by atoms with Gasteiger partial charge in [0, 0.05) is 20.6 Å². The van der Waals surface area contributed by atoms with Crippen LogP contribution in [0.25, 0.3) is 6.08 Å². The van der Waals surface area contributed by atoms with E-state index in [1.807, 2.05) is 0 Å². The van der Waals surface area contributed by atoms with Crippen LogP contribution in [-0.4, -0.2) is 5.88 Å². The Morgan fingerprint density at radius 1 is 1.69 bits per heavy atom. The Hall–Kier alpha value is 0.210. The molecule has 0 radical (unpaired) electrons. The summed E-state index contributed by atoms with van der Waals surface area (Å²) in [7, 11) is 0. The van der Waals surface area contributed by atoms with Crippen molar-refractivity contribution in [2.75, 3.05) is 5.88 Å². The molecule has 0 amide bonds. The highest BCUT2D eigenvalue weighted by Crippen LogP contribution is 2.24. The SMILES string of the molecule is CC(C)/C(=C\c1cc(Br)cs1)CCl. The molecule has 13 heavy (non-hydrogen) atoms. The summed E-state index contributed by atoms with van der Waals surface area (Å²) in [6.45, 7) is 4.33. The van der Waals surface area contributed by atoms with Gasteiger partial charge in [0.2, 0.25) is 0 Å². The fourth-order valence-corrected chi connectivity index (χ4v) is 2.74. The fraction of sp³-hybridized carbons (Fsp3) is 0.400. The van der Waals surface area contributed by atoms with Crippen LogP contribution in [0.15, 0.2) is 21.5 Å². The summed E-state index contributed by atoms with van der Waals surface area (Å²) < 4.78 is 1.14. The first-order chi connectivity index (χ1) is 6.13. The van der Waals surface area contributed by atoms with Gasteiger partial charge in [-0.15, -0.1) is 22.9 Å². The molecular formula is C10H12BrClS. The molecule has 0 spiro atoms. The zero-order chi connectivity index (χ0) is 9.84. The van der Waals surface area contributed by atoms with E-state index in [-0.39, 0.29) is 0 Å². The number of allylic oxidation sites excluding steroid dienone is 1. The van der Waals surface area contributed by atoms with Gasteiger partial charge >= 0.3 is 0 Å². The Labute approximate surface area is 96.7 Å². The number of alkyl halides is 1. The van der Waals surface area contributed by atoms with Gasteiger partial charge in [0.05, 0.1) is 0 Å². The molecule has 0 aromatic carbocycles. The molecule has 1 aromatic rings. The average molecular weight is 280 g/mol. The summed E-state index contributed by atoms with van der Waals surface area (Å²) in [5.74, 6) is 1.14. The lowest BCUT2D eigenvalue weighted by Gasteiger charge is -2.05. The highest BCUT2D eigenvalue weighted by Gasteiger charge is 2.02. The molecule has 0 aliphatic rings. The Morgan fingerprint density at radius 2 is 2.38 bits per heavy atom. The second-order valence-corrected chi connectivity index (χ2v) is 5.30. The van der Waals surface area contributed by atoms with E-state index in [4.69, 9.17) is 11.6 Å². The normalized spacial score (nSPS) is 12.5. The highest BCUT2D eigenvalue weighted by atomic mass is 79.9. The molecular weight excluding hydrogens is 268 g/mol. The van der Waals surface area contributed by atoms with Crippen LogP contribution in [0.3, 0.4) is 0 Å². The van der Waals surface area contributed by atoms with E-state index in [2.05, 4.69) is 47.3 Å². The van der Waals surface area contributed by atoms with Crippen LogP contribution in [0.5, 0.6) is 0 Å². The van der Waals surface area contributed by atoms with Crippen LogP contribution in [0.2, 0.25) is 0 Å². The van der Waals surface area contributed by atoms with Crippen LogP contribution >= 0.6 is 38.9 Å². The first-order valence-corrected chi connectivity index (χ1v) is 6.34. The quantitative estimate of drug-likeness (QED) is 0.698. The van der Waals surface area contributed by atoms with Crippen molar-refractivity contribution in [3.63, 3.8) is 0 Å². The lowest BCUT2D eigenvalue weighted by Crippen LogP contribution is -1.94. The molecule has 72 valence electrons. The minimum atomic E-state index is 0.526. The third-order valence-corrected chi connectivity index (χ3v) is 3.76. The summed E-state index contributed by atoms with van der Waals surface area (Å²) in [6.07, 6.45) is 2.17. The van der Waals surface area contributed by atoms with E-state index in [1.165, 1.54) is 10.5 Å². The van der Waals surface area contributed by atoms with Crippen LogP contribution in [0, 0.1) is 5.92 Å². The summed E-state index contributed by atoms with van der Waals surface area (Å²) in [6, 6.07) is 2.11. The Balaban J connectivity index is 2.84. The van der Waals surface area contributed by atoms with Crippen molar-refractivity contribution in [2.24, 2.45) is 5.92 Å². The van der Waals surface area contributed by atoms with E-state index in [0.717, 1.165) is 4.47 Å². The lowest BCUT2D eigenvalue weighted by atomic mass is 10.0. The van der Waals surface area contributed by atoms with Gasteiger partial charge in [0.1, 0.15) is 0 Å². The summed E-state index contributed by atoms with van der Waals surface area (Å²) in [5.41, 5.74) is 1.29. The third-order valence-electron chi connectivity index (χ3n) is 1.81. The molecule has 0 nitrogen and oxygen atoms in total. The van der Waals surface area contributed by atoms with Gasteiger partial charge in [0.15, 0.2) is 0 Å². The van der Waals surface area contributed by atoms with Gasteiger partial charge in [-0.05, 0) is 34.0 Å². The Bertz CT molecular complexity index is 302. The topological polar surface area (TPSA) is 0 Å². The van der Waals surface area contributed by atoms with E-state index in [1.54, 1.807) is 11.3 Å². The molecule has 0 saturated carbocycles. The molecule has 3 heteroatoms. The molecule has 0 bridgehead atoms. The molecule has 0 atom stereocenters. The van der Waals surface area contributed by atoms with E-state index in [9.17, 15) is 0 Å². The Kier molecular flexibility index (Phi) is 4.50. The molecule has 1 rings (SSSR count). The van der Waals surface area contributed by atoms with Gasteiger partial charge in [-0.1, -0.05) is 19.4 Å². The molecule has 0 unspecified atom stereocenters. The van der Waals surface area contributed by atoms with Crippen molar-refractivity contribution in [1.82, 2.24) is 0 Å². The standard InChI is InChI=1S/C10H12BrClS/c1-7(2)8(5-12)3-10-4-9(11)6-13-10/h3-4,6-7H,5H2,1-2H3/b8-3-. The molecule has 1 heterocycles. The van der Waals surface area contributed by atoms with Gasteiger partial charge in [-0.3, -0.25) is 0 Å². The maximum Gasteiger partial charge on any atom is 0.0439 e. The second kappa shape index (κ2) is 5.18. The molecule has 0 aliphatic heterocycles. The Morgan fingerprint density at radius 3 is 2.77 bits per heavy atom. The molecule has 1 aromatic heterocycles. The van der Waals surface area contributed by atoms with Crippen molar-refractivity contribution in [2.45, 2.75) is 13.8 Å². The van der Waals surface area contributed by atoms with Crippen molar-refractivity contribution in [3.05, 3.63) is 26.4 Å². The van der Waals surface area contributed by atoms with E-state index in [0.29, 0.717) is 11.8 Å². The first-order valence-electron chi connectivity index (χ1n) is 4.14. The smallest absolute Gasteiger partial charge is 0.0439 e. The molecule has 0 N–H and O–H groups in total. The van der Waals surface area contributed by atoms with Gasteiger partial charge in [0.25, 0.3) is 0 Å². The second-order valence-electron chi connectivity index (χ2n) is 3.17. The van der Waals surface area contributed by atoms with Crippen LogP contribution < -0.4 is 0 Å². The maximum atomic E-state index is 5.84. The average Bonchev–Trinajstić information content (AvgIpc) is 2.46. The fourth-order valence-electron chi connectivity index (χ4n) is 0.946. The van der Waals surface area contributed by atoms with Crippen molar-refractivity contribution in [3.8, 4) is 0 Å². The summed E-state index contributed by atoms with van der Waals surface area (Å²) >= 11 is 11.0. The number of hydrogen-bond donors (Lipinski definition) is 0. The predicted molar refractivity (Wildman–Crippen MR) is 65.6 cm³/mol. The van der Waals surface area contributed by atoms with Crippen molar-refractivity contribution in [1.29, 1.82) is 0 Å². The molecule has 0 fully saturated rings. The number of halogens is 2. The van der Waals surface area contributed by atoms with Crippen molar-refractivity contribution < 1.29 is 0 Å². The zero-order valence-electron chi connectivity index (χ0n) is 7.68. The number of hydrogen-bond acceptors (Lipinski definition) is 1. The minimum Gasteiger partial charge on any atom is -0.143 e. The highest BCUT2D eigenvalue weighted by molar-refractivity contribution is 9.10. The number of thiophene rings is 1. The van der Waals surface area contributed by atoms with E-state index < -0.39 is 0 Å². The first kappa shape index (κ1) is 11.3. The van der Waals surface area contributed by atoms with Gasteiger partial charge < -0.3 is 0 Å². The lowest BCUT2D eigenvalue weighted by molar-refractivity contribution is 0.778. The summed E-state index contributed by atoms with van der Waals surface area (Å²) in [4.78, 5) is 1.26. The van der Waals surface area contributed by atoms with Crippen LogP contribution in [0.1, 0.15) is 18.7 Å². The van der Waals surface area contributed by atoms with E-state index >= 15 is 0 Å². The largest absolute Gasteiger partial charge is 0.143 e. The molecule has 0 aliphatic carbocycles. The summed E-state index contributed by atoms with van der Waals surface area (Å²) in [5, 5.41) is 2.08.